The molecule has 1 aliphatic rings. The van der Waals surface area contributed by atoms with E-state index < -0.39 is 0 Å². The maximum atomic E-state index is 11.9. The molecule has 0 radical (unpaired) electrons. The summed E-state index contributed by atoms with van der Waals surface area (Å²) < 4.78 is 0. The van der Waals surface area contributed by atoms with Gasteiger partial charge in [-0.05, 0) is 31.5 Å². The Bertz CT molecular complexity index is 676. The third-order valence-electron chi connectivity index (χ3n) is 3.27. The van der Waals surface area contributed by atoms with Crippen LogP contribution in [0.15, 0.2) is 41.5 Å². The van der Waals surface area contributed by atoms with Crippen molar-refractivity contribution in [2.75, 3.05) is 10.6 Å². The van der Waals surface area contributed by atoms with Crippen LogP contribution < -0.4 is 10.6 Å². The highest BCUT2D eigenvalue weighted by Crippen LogP contribution is 2.35. The van der Waals surface area contributed by atoms with Crippen LogP contribution in [-0.4, -0.2) is 10.8 Å². The van der Waals surface area contributed by atoms with Crippen molar-refractivity contribution in [2.45, 2.75) is 19.9 Å². The van der Waals surface area contributed by atoms with E-state index in [4.69, 9.17) is 0 Å². The van der Waals surface area contributed by atoms with Crippen molar-refractivity contribution in [3.05, 3.63) is 52.1 Å². The second-order valence-electron chi connectivity index (χ2n) is 4.80. The largest absolute Gasteiger partial charge is 0.370 e. The van der Waals surface area contributed by atoms with E-state index >= 15 is 0 Å². The first-order valence-electron chi connectivity index (χ1n) is 6.39. The number of aryl methyl sites for hydroxylation is 1. The van der Waals surface area contributed by atoms with Crippen molar-refractivity contribution in [3.8, 4) is 0 Å². The van der Waals surface area contributed by atoms with Gasteiger partial charge in [0, 0.05) is 23.3 Å². The van der Waals surface area contributed by atoms with Crippen LogP contribution in [0, 0.1) is 6.92 Å². The van der Waals surface area contributed by atoms with Crippen LogP contribution in [0.5, 0.6) is 0 Å². The number of hydrogen-bond donors (Lipinski definition) is 2. The molecule has 0 spiro atoms. The van der Waals surface area contributed by atoms with Crippen LogP contribution in [0.2, 0.25) is 0 Å². The number of ketones is 1. The maximum Gasteiger partial charge on any atom is 0.159 e. The number of Topliss-reactive ketones (excluding diaryl/α,β-unsaturated/α-hetero) is 1. The normalized spacial score (nSPS) is 17.3. The van der Waals surface area contributed by atoms with E-state index in [1.807, 2.05) is 24.4 Å². The van der Waals surface area contributed by atoms with Crippen molar-refractivity contribution in [3.63, 3.8) is 0 Å². The van der Waals surface area contributed by atoms with Crippen molar-refractivity contribution in [2.24, 2.45) is 0 Å². The molecule has 4 nitrogen and oxygen atoms in total. The molecular formula is C15H15N3OS. The van der Waals surface area contributed by atoms with Gasteiger partial charge in [0.15, 0.2) is 5.78 Å². The molecule has 20 heavy (non-hydrogen) atoms. The first-order chi connectivity index (χ1) is 9.65. The topological polar surface area (TPSA) is 54.0 Å². The first kappa shape index (κ1) is 12.9. The lowest BCUT2D eigenvalue weighted by Gasteiger charge is -2.18. The van der Waals surface area contributed by atoms with Crippen LogP contribution in [-0.2, 0) is 4.79 Å². The zero-order valence-corrected chi connectivity index (χ0v) is 12.1. The Morgan fingerprint density at radius 3 is 2.90 bits per heavy atom. The van der Waals surface area contributed by atoms with Gasteiger partial charge in [-0.25, -0.2) is 4.98 Å². The number of nitrogens with one attached hydrogen (secondary N) is 2. The average Bonchev–Trinajstić information content (AvgIpc) is 2.86. The zero-order valence-electron chi connectivity index (χ0n) is 11.3. The van der Waals surface area contributed by atoms with Gasteiger partial charge in [-0.2, -0.15) is 0 Å². The summed E-state index contributed by atoms with van der Waals surface area (Å²) in [5.74, 6) is 0.0368. The van der Waals surface area contributed by atoms with Gasteiger partial charge in [0.2, 0.25) is 0 Å². The van der Waals surface area contributed by atoms with Gasteiger partial charge in [0.05, 0.1) is 11.4 Å². The van der Waals surface area contributed by atoms with Crippen molar-refractivity contribution < 1.29 is 4.79 Å². The highest BCUT2D eigenvalue weighted by Gasteiger charge is 2.25. The van der Waals surface area contributed by atoms with Gasteiger partial charge in [-0.15, -0.1) is 11.3 Å². The van der Waals surface area contributed by atoms with E-state index in [2.05, 4.69) is 21.7 Å². The first-order valence-corrected chi connectivity index (χ1v) is 7.27. The summed E-state index contributed by atoms with van der Waals surface area (Å²) in [6.07, 6.45) is 3.54. The molecule has 0 saturated heterocycles. The Morgan fingerprint density at radius 2 is 2.20 bits per heavy atom. The Labute approximate surface area is 121 Å². The summed E-state index contributed by atoms with van der Waals surface area (Å²) >= 11 is 1.54. The van der Waals surface area contributed by atoms with Gasteiger partial charge >= 0.3 is 0 Å². The Kier molecular flexibility index (Phi) is 3.28. The third kappa shape index (κ3) is 2.32. The standard InChI is InChI=1S/C15H15N3OS/c1-9-3-4-12-13(7-9)18-14(15-16-5-6-20-15)11(8-17-12)10(2)19/h3-8,14,17-18H,1-2H3. The van der Waals surface area contributed by atoms with Crippen molar-refractivity contribution in [1.82, 2.24) is 4.98 Å². The van der Waals surface area contributed by atoms with E-state index in [1.165, 1.54) is 5.56 Å². The van der Waals surface area contributed by atoms with E-state index in [0.29, 0.717) is 5.57 Å². The number of rotatable bonds is 2. The summed E-state index contributed by atoms with van der Waals surface area (Å²) in [5, 5.41) is 9.45. The van der Waals surface area contributed by atoms with Gasteiger partial charge in [-0.3, -0.25) is 4.79 Å². The number of fused-ring (bicyclic) bond motifs is 1. The average molecular weight is 285 g/mol. The van der Waals surface area contributed by atoms with Gasteiger partial charge in [0.25, 0.3) is 0 Å². The Balaban J connectivity index is 2.07. The number of aromatic nitrogens is 1. The zero-order chi connectivity index (χ0) is 14.1. The smallest absolute Gasteiger partial charge is 0.159 e. The molecular weight excluding hydrogens is 270 g/mol. The molecule has 0 fully saturated rings. The molecule has 0 saturated carbocycles. The molecule has 2 N–H and O–H groups in total. The monoisotopic (exact) mass is 285 g/mol. The molecule has 1 aromatic carbocycles. The Morgan fingerprint density at radius 1 is 1.35 bits per heavy atom. The minimum absolute atomic E-state index is 0.0368. The molecule has 0 aliphatic carbocycles. The summed E-state index contributed by atoms with van der Waals surface area (Å²) in [6, 6.07) is 5.91. The molecule has 0 amide bonds. The van der Waals surface area contributed by atoms with Crippen molar-refractivity contribution in [1.29, 1.82) is 0 Å². The fourth-order valence-electron chi connectivity index (χ4n) is 2.25. The molecule has 102 valence electrons. The van der Waals surface area contributed by atoms with Gasteiger partial charge in [-0.1, -0.05) is 6.07 Å². The summed E-state index contributed by atoms with van der Waals surface area (Å²) in [6.45, 7) is 3.63. The number of hydrogen-bond acceptors (Lipinski definition) is 5. The number of benzene rings is 1. The molecule has 1 aliphatic heterocycles. The van der Waals surface area contributed by atoms with E-state index in [0.717, 1.165) is 16.4 Å². The molecule has 3 rings (SSSR count). The second kappa shape index (κ2) is 5.09. The molecule has 2 heterocycles. The molecule has 2 aromatic rings. The summed E-state index contributed by atoms with van der Waals surface area (Å²) in [4.78, 5) is 16.2. The number of thiazole rings is 1. The van der Waals surface area contributed by atoms with E-state index in [-0.39, 0.29) is 11.8 Å². The van der Waals surface area contributed by atoms with Crippen LogP contribution >= 0.6 is 11.3 Å². The molecule has 0 bridgehead atoms. The Hall–Kier alpha value is -2.14. The number of carbonyl (C=O) groups is 1. The highest BCUT2D eigenvalue weighted by molar-refractivity contribution is 7.09. The minimum atomic E-state index is -0.206. The van der Waals surface area contributed by atoms with Gasteiger partial charge in [0.1, 0.15) is 11.0 Å². The fourth-order valence-corrected chi connectivity index (χ4v) is 2.96. The molecule has 5 heteroatoms. The minimum Gasteiger partial charge on any atom is -0.370 e. The van der Waals surface area contributed by atoms with Gasteiger partial charge < -0.3 is 10.6 Å². The lowest BCUT2D eigenvalue weighted by molar-refractivity contribution is -0.113. The fraction of sp³-hybridized carbons (Fsp3) is 0.200. The van der Waals surface area contributed by atoms with Crippen LogP contribution in [0.3, 0.4) is 0 Å². The SMILES string of the molecule is CC(=O)C1=CNc2ccc(C)cc2NC1c1nccs1. The van der Waals surface area contributed by atoms with E-state index in [9.17, 15) is 4.79 Å². The lowest BCUT2D eigenvalue weighted by Crippen LogP contribution is -2.16. The molecule has 1 aromatic heterocycles. The maximum absolute atomic E-state index is 11.9. The second-order valence-corrected chi connectivity index (χ2v) is 5.72. The predicted octanol–water partition coefficient (Wildman–Crippen LogP) is 3.50. The number of carbonyl (C=O) groups excluding carboxylic acids is 1. The highest BCUT2D eigenvalue weighted by atomic mass is 32.1. The molecule has 1 atom stereocenters. The number of nitrogens with zero attached hydrogens (tertiary/aromatic N) is 1. The lowest BCUT2D eigenvalue weighted by atomic mass is 10.1. The summed E-state index contributed by atoms with van der Waals surface area (Å²) in [7, 11) is 0. The predicted molar refractivity (Wildman–Crippen MR) is 82.0 cm³/mol. The van der Waals surface area contributed by atoms with Crippen LogP contribution in [0.1, 0.15) is 23.5 Å². The van der Waals surface area contributed by atoms with Crippen molar-refractivity contribution >= 4 is 28.5 Å². The third-order valence-corrected chi connectivity index (χ3v) is 4.11. The summed E-state index contributed by atoms with van der Waals surface area (Å²) in [5.41, 5.74) is 3.81. The number of anilines is 2. The quantitative estimate of drug-likeness (QED) is 0.886. The van der Waals surface area contributed by atoms with Crippen LogP contribution in [0.25, 0.3) is 0 Å². The van der Waals surface area contributed by atoms with E-state index in [1.54, 1.807) is 30.7 Å². The molecule has 1 unspecified atom stereocenters. The van der Waals surface area contributed by atoms with Crippen LogP contribution in [0.4, 0.5) is 11.4 Å².